The van der Waals surface area contributed by atoms with Crippen molar-refractivity contribution in [2.75, 3.05) is 37.9 Å². The van der Waals surface area contributed by atoms with Gasteiger partial charge in [0.15, 0.2) is 0 Å². The molecule has 23 heavy (non-hydrogen) atoms. The summed E-state index contributed by atoms with van der Waals surface area (Å²) in [5.74, 6) is 0.0623. The molecular weight excluding hydrogens is 290 g/mol. The second-order valence-corrected chi connectivity index (χ2v) is 5.81. The average molecular weight is 309 g/mol. The third-order valence-electron chi connectivity index (χ3n) is 4.33. The van der Waals surface area contributed by atoms with Gasteiger partial charge in [-0.1, -0.05) is 18.2 Å². The number of carbonyl (C=O) groups is 1. The number of ether oxygens (including phenoxy) is 1. The van der Waals surface area contributed by atoms with Crippen LogP contribution in [0.25, 0.3) is 11.6 Å². The van der Waals surface area contributed by atoms with Gasteiger partial charge in [0.05, 0.1) is 31.1 Å². The van der Waals surface area contributed by atoms with Gasteiger partial charge in [0.25, 0.3) is 5.91 Å². The molecule has 0 spiro atoms. The van der Waals surface area contributed by atoms with Gasteiger partial charge in [-0.05, 0) is 24.3 Å². The zero-order valence-corrected chi connectivity index (χ0v) is 12.9. The lowest BCUT2D eigenvalue weighted by Crippen LogP contribution is -2.45. The number of amides is 1. The lowest BCUT2D eigenvalue weighted by Gasteiger charge is -2.30. The molecule has 0 unspecified atom stereocenters. The van der Waals surface area contributed by atoms with Crippen LogP contribution in [0.4, 0.5) is 5.69 Å². The Morgan fingerprint density at radius 3 is 2.74 bits per heavy atom. The number of nitrogens with one attached hydrogen (secondary N) is 1. The highest BCUT2D eigenvalue weighted by Gasteiger charge is 2.33. The van der Waals surface area contributed by atoms with Gasteiger partial charge in [0.1, 0.15) is 0 Å². The predicted octanol–water partition coefficient (Wildman–Crippen LogP) is 2.19. The highest BCUT2D eigenvalue weighted by Crippen LogP contribution is 2.37. The topological polar surface area (TPSA) is 48.6 Å². The molecule has 0 aliphatic carbocycles. The number of hydrogen-bond acceptors (Lipinski definition) is 3. The maximum atomic E-state index is 12.9. The summed E-state index contributed by atoms with van der Waals surface area (Å²) in [6.45, 7) is 3.80. The van der Waals surface area contributed by atoms with Crippen LogP contribution >= 0.6 is 0 Å². The summed E-state index contributed by atoms with van der Waals surface area (Å²) in [6.07, 6.45) is 3.80. The number of nitrogens with zero attached hydrogens (tertiary/aromatic N) is 2. The fraction of sp³-hybridized carbons (Fsp3) is 0.278. The number of fused-ring (bicyclic) bond motifs is 1. The molecule has 1 N–H and O–H groups in total. The molecule has 0 saturated carbocycles. The van der Waals surface area contributed by atoms with Crippen LogP contribution in [0.15, 0.2) is 42.6 Å². The molecular formula is C18H19N3O2. The van der Waals surface area contributed by atoms with E-state index in [1.807, 2.05) is 53.6 Å². The van der Waals surface area contributed by atoms with E-state index in [1.54, 1.807) is 0 Å². The second-order valence-electron chi connectivity index (χ2n) is 5.81. The quantitative estimate of drug-likeness (QED) is 0.884. The Hall–Kier alpha value is -2.37. The van der Waals surface area contributed by atoms with Gasteiger partial charge in [0, 0.05) is 30.5 Å². The highest BCUT2D eigenvalue weighted by molar-refractivity contribution is 6.35. The minimum atomic E-state index is 0.0623. The van der Waals surface area contributed by atoms with Crippen molar-refractivity contribution in [1.82, 2.24) is 9.88 Å². The minimum absolute atomic E-state index is 0.0623. The van der Waals surface area contributed by atoms with E-state index in [-0.39, 0.29) is 5.91 Å². The highest BCUT2D eigenvalue weighted by atomic mass is 16.5. The number of aromatic amines is 1. The molecule has 5 heteroatoms. The van der Waals surface area contributed by atoms with E-state index in [9.17, 15) is 4.79 Å². The van der Waals surface area contributed by atoms with E-state index in [2.05, 4.69) is 9.88 Å². The van der Waals surface area contributed by atoms with Crippen molar-refractivity contribution in [1.29, 1.82) is 0 Å². The van der Waals surface area contributed by atoms with E-state index in [1.165, 1.54) is 0 Å². The molecule has 1 saturated heterocycles. The number of para-hydroxylation sites is 1. The number of H-pyrrole nitrogens is 1. The molecule has 2 aliphatic heterocycles. The fourth-order valence-corrected chi connectivity index (χ4v) is 3.12. The van der Waals surface area contributed by atoms with Crippen molar-refractivity contribution in [3.8, 4) is 0 Å². The molecule has 0 bridgehead atoms. The number of anilines is 1. The first-order chi connectivity index (χ1) is 11.3. The van der Waals surface area contributed by atoms with Crippen molar-refractivity contribution in [2.24, 2.45) is 0 Å². The molecule has 4 rings (SSSR count). The maximum absolute atomic E-state index is 12.9. The summed E-state index contributed by atoms with van der Waals surface area (Å²) in [6, 6.07) is 11.9. The van der Waals surface area contributed by atoms with Crippen LogP contribution in [0, 0.1) is 0 Å². The molecule has 1 amide bonds. The summed E-state index contributed by atoms with van der Waals surface area (Å²) in [7, 11) is 0. The zero-order chi connectivity index (χ0) is 15.6. The third kappa shape index (κ3) is 2.69. The van der Waals surface area contributed by atoms with Crippen molar-refractivity contribution in [3.05, 3.63) is 53.9 Å². The summed E-state index contributed by atoms with van der Waals surface area (Å²) in [5.41, 5.74) is 3.68. The second kappa shape index (κ2) is 6.02. The van der Waals surface area contributed by atoms with Crippen LogP contribution in [0.3, 0.4) is 0 Å². The number of carbonyl (C=O) groups excluding carboxylic acids is 1. The normalized spacial score (nSPS) is 20.3. The Labute approximate surface area is 135 Å². The molecule has 3 heterocycles. The van der Waals surface area contributed by atoms with Crippen LogP contribution in [0.1, 0.15) is 11.3 Å². The van der Waals surface area contributed by atoms with Crippen LogP contribution < -0.4 is 4.90 Å². The number of aromatic nitrogens is 1. The molecule has 1 aromatic carbocycles. The van der Waals surface area contributed by atoms with Gasteiger partial charge in [-0.25, -0.2) is 0 Å². The smallest absolute Gasteiger partial charge is 0.260 e. The van der Waals surface area contributed by atoms with Crippen molar-refractivity contribution >= 4 is 23.2 Å². The Morgan fingerprint density at radius 1 is 1.13 bits per heavy atom. The van der Waals surface area contributed by atoms with Crippen LogP contribution in [0.5, 0.6) is 0 Å². The molecule has 1 fully saturated rings. The number of rotatable bonds is 3. The average Bonchev–Trinajstić information content (AvgIpc) is 3.19. The molecule has 0 radical (unpaired) electrons. The third-order valence-corrected chi connectivity index (χ3v) is 4.33. The van der Waals surface area contributed by atoms with Gasteiger partial charge in [-0.2, -0.15) is 0 Å². The number of morpholine rings is 1. The molecule has 5 nitrogen and oxygen atoms in total. The Morgan fingerprint density at radius 2 is 1.96 bits per heavy atom. The molecule has 1 aromatic heterocycles. The summed E-state index contributed by atoms with van der Waals surface area (Å²) < 4.78 is 5.39. The van der Waals surface area contributed by atoms with Gasteiger partial charge in [0.2, 0.25) is 0 Å². The number of hydrogen-bond donors (Lipinski definition) is 1. The zero-order valence-electron chi connectivity index (χ0n) is 12.9. The summed E-state index contributed by atoms with van der Waals surface area (Å²) in [5, 5.41) is 0. The first-order valence-electron chi connectivity index (χ1n) is 7.89. The lowest BCUT2D eigenvalue weighted by molar-refractivity contribution is -0.113. The van der Waals surface area contributed by atoms with Gasteiger partial charge >= 0.3 is 0 Å². The first-order valence-corrected chi connectivity index (χ1v) is 7.89. The SMILES string of the molecule is O=C1/C(=C/c2ccc[nH]2)c2ccccc2N1CN1CCOCC1. The molecule has 0 atom stereocenters. The molecule has 118 valence electrons. The van der Waals surface area contributed by atoms with E-state index >= 15 is 0 Å². The number of benzene rings is 1. The van der Waals surface area contributed by atoms with Crippen molar-refractivity contribution in [3.63, 3.8) is 0 Å². The van der Waals surface area contributed by atoms with Crippen LogP contribution in [-0.4, -0.2) is 48.8 Å². The standard InChI is InChI=1S/C18H19N3O2/c22-18-16(12-14-4-3-7-19-14)15-5-1-2-6-17(15)21(18)13-20-8-10-23-11-9-20/h1-7,12,19H,8-11,13H2/b16-12+. The van der Waals surface area contributed by atoms with Crippen molar-refractivity contribution < 1.29 is 9.53 Å². The van der Waals surface area contributed by atoms with Crippen LogP contribution in [0.2, 0.25) is 0 Å². The Balaban J connectivity index is 1.67. The summed E-state index contributed by atoms with van der Waals surface area (Å²) >= 11 is 0. The van der Waals surface area contributed by atoms with E-state index in [0.717, 1.165) is 48.8 Å². The van der Waals surface area contributed by atoms with E-state index < -0.39 is 0 Å². The van der Waals surface area contributed by atoms with E-state index in [0.29, 0.717) is 6.67 Å². The van der Waals surface area contributed by atoms with Gasteiger partial charge in [-0.15, -0.1) is 0 Å². The monoisotopic (exact) mass is 309 g/mol. The first kappa shape index (κ1) is 14.2. The molecule has 2 aromatic rings. The predicted molar refractivity (Wildman–Crippen MR) is 89.9 cm³/mol. The maximum Gasteiger partial charge on any atom is 0.260 e. The largest absolute Gasteiger partial charge is 0.379 e. The summed E-state index contributed by atoms with van der Waals surface area (Å²) in [4.78, 5) is 20.2. The fourth-order valence-electron chi connectivity index (χ4n) is 3.12. The Kier molecular flexibility index (Phi) is 3.73. The van der Waals surface area contributed by atoms with Crippen LogP contribution in [-0.2, 0) is 9.53 Å². The van der Waals surface area contributed by atoms with Gasteiger partial charge < -0.3 is 9.72 Å². The van der Waals surface area contributed by atoms with E-state index in [4.69, 9.17) is 4.74 Å². The lowest BCUT2D eigenvalue weighted by atomic mass is 10.1. The minimum Gasteiger partial charge on any atom is -0.379 e. The Bertz CT molecular complexity index is 730. The van der Waals surface area contributed by atoms with Crippen molar-refractivity contribution in [2.45, 2.75) is 0 Å². The molecule has 2 aliphatic rings. The van der Waals surface area contributed by atoms with Gasteiger partial charge in [-0.3, -0.25) is 14.6 Å².